The van der Waals surface area contributed by atoms with E-state index in [0.717, 1.165) is 41.1 Å². The molecule has 0 aromatic heterocycles. The molecule has 0 saturated carbocycles. The first kappa shape index (κ1) is 17.2. The van der Waals surface area contributed by atoms with E-state index in [1.807, 2.05) is 18.2 Å². The van der Waals surface area contributed by atoms with E-state index in [-0.39, 0.29) is 6.04 Å². The van der Waals surface area contributed by atoms with Gasteiger partial charge in [-0.2, -0.15) is 0 Å². The van der Waals surface area contributed by atoms with Gasteiger partial charge in [-0.1, -0.05) is 40.5 Å². The summed E-state index contributed by atoms with van der Waals surface area (Å²) in [6, 6.07) is 5.96. The highest BCUT2D eigenvalue weighted by atomic mass is 79.9. The molecule has 5 heteroatoms. The lowest BCUT2D eigenvalue weighted by molar-refractivity contribution is 0.130. The molecule has 0 radical (unpaired) electrons. The normalized spacial score (nSPS) is 18.9. The van der Waals surface area contributed by atoms with Crippen LogP contribution >= 0.6 is 27.5 Å². The Bertz CT molecular complexity index is 447. The monoisotopic (exact) mass is 373 g/mol. The summed E-state index contributed by atoms with van der Waals surface area (Å²) in [5.74, 6) is 0. The van der Waals surface area contributed by atoms with Crippen molar-refractivity contribution >= 4 is 27.5 Å². The van der Waals surface area contributed by atoms with Crippen molar-refractivity contribution in [2.24, 2.45) is 5.73 Å². The number of nitrogens with zero attached hydrogens (tertiary/aromatic N) is 2. The third-order valence-electron chi connectivity index (χ3n) is 4.12. The highest BCUT2D eigenvalue weighted by Gasteiger charge is 2.17. The Morgan fingerprint density at radius 3 is 2.38 bits per heavy atom. The Morgan fingerprint density at radius 2 is 1.81 bits per heavy atom. The predicted octanol–water partition coefficient (Wildman–Crippen LogP) is 3.52. The summed E-state index contributed by atoms with van der Waals surface area (Å²) in [6.45, 7) is 9.19. The highest BCUT2D eigenvalue weighted by Crippen LogP contribution is 2.27. The van der Waals surface area contributed by atoms with Gasteiger partial charge in [0.25, 0.3) is 0 Å². The average molecular weight is 375 g/mol. The van der Waals surface area contributed by atoms with Crippen molar-refractivity contribution < 1.29 is 0 Å². The van der Waals surface area contributed by atoms with Crippen molar-refractivity contribution in [2.45, 2.75) is 25.8 Å². The molecule has 3 nitrogen and oxygen atoms in total. The number of rotatable bonds is 6. The molecule has 118 valence electrons. The molecular weight excluding hydrogens is 350 g/mol. The largest absolute Gasteiger partial charge is 0.324 e. The fourth-order valence-electron chi connectivity index (χ4n) is 2.83. The van der Waals surface area contributed by atoms with Crippen molar-refractivity contribution in [1.29, 1.82) is 0 Å². The topological polar surface area (TPSA) is 32.5 Å². The van der Waals surface area contributed by atoms with E-state index in [1.54, 1.807) is 0 Å². The molecule has 2 N–H and O–H groups in total. The highest BCUT2D eigenvalue weighted by molar-refractivity contribution is 9.10. The van der Waals surface area contributed by atoms with Gasteiger partial charge in [-0.3, -0.25) is 0 Å². The summed E-state index contributed by atoms with van der Waals surface area (Å²) in [7, 11) is 0. The smallest absolute Gasteiger partial charge is 0.0464 e. The lowest BCUT2D eigenvalue weighted by atomic mass is 10.0. The summed E-state index contributed by atoms with van der Waals surface area (Å²) in [5.41, 5.74) is 7.35. The molecule has 1 aromatic rings. The minimum Gasteiger partial charge on any atom is -0.324 e. The quantitative estimate of drug-likeness (QED) is 0.827. The first-order chi connectivity index (χ1) is 10.1. The number of hydrogen-bond donors (Lipinski definition) is 1. The number of hydrogen-bond acceptors (Lipinski definition) is 3. The second-order valence-corrected chi connectivity index (χ2v) is 7.07. The van der Waals surface area contributed by atoms with Crippen molar-refractivity contribution in [3.8, 4) is 0 Å². The molecule has 1 fully saturated rings. The summed E-state index contributed by atoms with van der Waals surface area (Å²) in [5, 5.41) is 0.754. The van der Waals surface area contributed by atoms with Gasteiger partial charge in [0, 0.05) is 48.3 Å². The van der Waals surface area contributed by atoms with E-state index in [1.165, 1.54) is 26.1 Å². The summed E-state index contributed by atoms with van der Waals surface area (Å²) in [4.78, 5) is 5.06. The summed E-state index contributed by atoms with van der Waals surface area (Å²) >= 11 is 9.70. The zero-order chi connectivity index (χ0) is 15.2. The molecule has 0 aliphatic carbocycles. The van der Waals surface area contributed by atoms with Gasteiger partial charge in [-0.05, 0) is 37.1 Å². The van der Waals surface area contributed by atoms with Gasteiger partial charge in [0.05, 0.1) is 0 Å². The Kier molecular flexibility index (Phi) is 6.96. The molecule has 1 aromatic carbocycles. The number of halogens is 2. The maximum absolute atomic E-state index is 6.30. The van der Waals surface area contributed by atoms with Crippen LogP contribution in [0.1, 0.15) is 31.4 Å². The Hall–Kier alpha value is -0.130. The minimum atomic E-state index is 0.0132. The van der Waals surface area contributed by atoms with E-state index in [2.05, 4.69) is 32.7 Å². The lowest BCUT2D eigenvalue weighted by Gasteiger charge is -2.35. The number of nitrogens with two attached hydrogens (primary N) is 1. The van der Waals surface area contributed by atoms with E-state index in [9.17, 15) is 0 Å². The molecule has 1 atom stereocenters. The van der Waals surface area contributed by atoms with Gasteiger partial charge in [-0.25, -0.2) is 0 Å². The van der Waals surface area contributed by atoms with Crippen LogP contribution in [0.2, 0.25) is 5.02 Å². The fourth-order valence-corrected chi connectivity index (χ4v) is 3.65. The standard InChI is InChI=1S/C16H25BrClN3/c1-2-6-20-8-10-21(11-9-20)7-5-16(19)14-4-3-13(17)12-15(14)18/h3-4,12,16H,2,5-11,19H2,1H3. The molecule has 2 rings (SSSR count). The van der Waals surface area contributed by atoms with Crippen LogP contribution in [0, 0.1) is 0 Å². The van der Waals surface area contributed by atoms with Crippen molar-refractivity contribution in [1.82, 2.24) is 9.80 Å². The van der Waals surface area contributed by atoms with Crippen LogP contribution in [0.25, 0.3) is 0 Å². The van der Waals surface area contributed by atoms with Gasteiger partial charge in [-0.15, -0.1) is 0 Å². The second-order valence-electron chi connectivity index (χ2n) is 5.74. The van der Waals surface area contributed by atoms with Crippen LogP contribution in [-0.2, 0) is 0 Å². The first-order valence-electron chi connectivity index (χ1n) is 7.75. The Morgan fingerprint density at radius 1 is 1.19 bits per heavy atom. The molecule has 21 heavy (non-hydrogen) atoms. The van der Waals surface area contributed by atoms with E-state index in [0.29, 0.717) is 0 Å². The molecular formula is C16H25BrClN3. The van der Waals surface area contributed by atoms with Crippen LogP contribution in [0.15, 0.2) is 22.7 Å². The van der Waals surface area contributed by atoms with Gasteiger partial charge in [0.15, 0.2) is 0 Å². The summed E-state index contributed by atoms with van der Waals surface area (Å²) in [6.07, 6.45) is 2.20. The SMILES string of the molecule is CCCN1CCN(CCC(N)c2ccc(Br)cc2Cl)CC1. The van der Waals surface area contributed by atoms with Gasteiger partial charge < -0.3 is 15.5 Å². The molecule has 1 unspecified atom stereocenters. The number of piperazine rings is 1. The zero-order valence-corrected chi connectivity index (χ0v) is 15.0. The maximum Gasteiger partial charge on any atom is 0.0464 e. The zero-order valence-electron chi connectivity index (χ0n) is 12.7. The molecule has 1 aliphatic rings. The van der Waals surface area contributed by atoms with E-state index >= 15 is 0 Å². The first-order valence-corrected chi connectivity index (χ1v) is 8.92. The Labute approximate surface area is 141 Å². The van der Waals surface area contributed by atoms with Gasteiger partial charge in [0.1, 0.15) is 0 Å². The maximum atomic E-state index is 6.30. The summed E-state index contributed by atoms with van der Waals surface area (Å²) < 4.78 is 0.996. The minimum absolute atomic E-state index is 0.0132. The van der Waals surface area contributed by atoms with Crippen LogP contribution < -0.4 is 5.73 Å². The van der Waals surface area contributed by atoms with Crippen molar-refractivity contribution in [3.05, 3.63) is 33.3 Å². The predicted molar refractivity (Wildman–Crippen MR) is 93.9 cm³/mol. The van der Waals surface area contributed by atoms with Gasteiger partial charge >= 0.3 is 0 Å². The molecule has 0 amide bonds. The van der Waals surface area contributed by atoms with Crippen molar-refractivity contribution in [3.63, 3.8) is 0 Å². The molecule has 1 aliphatic heterocycles. The van der Waals surface area contributed by atoms with E-state index < -0.39 is 0 Å². The number of benzene rings is 1. The molecule has 1 saturated heterocycles. The fraction of sp³-hybridized carbons (Fsp3) is 0.625. The van der Waals surface area contributed by atoms with Crippen LogP contribution in [0.4, 0.5) is 0 Å². The average Bonchev–Trinajstić information content (AvgIpc) is 2.46. The van der Waals surface area contributed by atoms with E-state index in [4.69, 9.17) is 17.3 Å². The van der Waals surface area contributed by atoms with Crippen LogP contribution in [-0.4, -0.2) is 49.1 Å². The van der Waals surface area contributed by atoms with Gasteiger partial charge in [0.2, 0.25) is 0 Å². The second kappa shape index (κ2) is 8.49. The third kappa shape index (κ3) is 5.22. The molecule has 0 spiro atoms. The van der Waals surface area contributed by atoms with Crippen molar-refractivity contribution in [2.75, 3.05) is 39.3 Å². The lowest BCUT2D eigenvalue weighted by Crippen LogP contribution is -2.47. The Balaban J connectivity index is 1.78. The third-order valence-corrected chi connectivity index (χ3v) is 4.94. The van der Waals surface area contributed by atoms with Crippen LogP contribution in [0.3, 0.4) is 0 Å². The molecule has 0 bridgehead atoms. The molecule has 1 heterocycles. The van der Waals surface area contributed by atoms with Crippen LogP contribution in [0.5, 0.6) is 0 Å².